The molecule has 1 aliphatic rings. The third-order valence-corrected chi connectivity index (χ3v) is 5.24. The lowest BCUT2D eigenvalue weighted by Crippen LogP contribution is -2.20. The van der Waals surface area contributed by atoms with E-state index in [-0.39, 0.29) is 5.38 Å². The molecule has 0 spiro atoms. The summed E-state index contributed by atoms with van der Waals surface area (Å²) in [7, 11) is 0. The van der Waals surface area contributed by atoms with Gasteiger partial charge in [0.1, 0.15) is 0 Å². The lowest BCUT2D eigenvalue weighted by molar-refractivity contribution is 0.0100. The van der Waals surface area contributed by atoms with Crippen molar-refractivity contribution in [2.75, 3.05) is 6.61 Å². The van der Waals surface area contributed by atoms with Gasteiger partial charge in [0.05, 0.1) is 21.3 Å². The largest absolute Gasteiger partial charge is 0.378 e. The van der Waals surface area contributed by atoms with E-state index in [1.54, 1.807) is 11.3 Å². The highest BCUT2D eigenvalue weighted by atomic mass is 35.5. The van der Waals surface area contributed by atoms with E-state index >= 15 is 0 Å². The van der Waals surface area contributed by atoms with Crippen molar-refractivity contribution in [3.63, 3.8) is 0 Å². The van der Waals surface area contributed by atoms with Gasteiger partial charge < -0.3 is 4.74 Å². The molecule has 20 heavy (non-hydrogen) atoms. The van der Waals surface area contributed by atoms with E-state index in [0.717, 1.165) is 36.4 Å². The van der Waals surface area contributed by atoms with Gasteiger partial charge in [0.25, 0.3) is 0 Å². The van der Waals surface area contributed by atoms with Crippen molar-refractivity contribution >= 4 is 33.2 Å². The number of aromatic nitrogens is 1. The van der Waals surface area contributed by atoms with Gasteiger partial charge in [0.2, 0.25) is 0 Å². The van der Waals surface area contributed by atoms with E-state index in [0.29, 0.717) is 6.10 Å². The Morgan fingerprint density at radius 2 is 2.25 bits per heavy atom. The molecule has 2 nitrogen and oxygen atoms in total. The van der Waals surface area contributed by atoms with Crippen LogP contribution in [-0.4, -0.2) is 23.1 Å². The van der Waals surface area contributed by atoms with Gasteiger partial charge in [-0.25, -0.2) is 4.98 Å². The maximum absolute atomic E-state index is 6.47. The molecule has 2 unspecified atom stereocenters. The Kier molecular flexibility index (Phi) is 4.92. The van der Waals surface area contributed by atoms with Crippen molar-refractivity contribution in [3.05, 3.63) is 29.3 Å². The molecular weight excluding hydrogens is 290 g/mol. The number of thiazole rings is 1. The Morgan fingerprint density at radius 3 is 3.05 bits per heavy atom. The van der Waals surface area contributed by atoms with Gasteiger partial charge in [0, 0.05) is 18.4 Å². The number of halogens is 1. The molecular formula is C16H20ClNOS. The van der Waals surface area contributed by atoms with Crippen molar-refractivity contribution in [3.8, 4) is 0 Å². The lowest BCUT2D eigenvalue weighted by Gasteiger charge is -2.23. The summed E-state index contributed by atoms with van der Waals surface area (Å²) in [6.07, 6.45) is 7.11. The van der Waals surface area contributed by atoms with E-state index in [1.807, 2.05) is 6.07 Å². The third-order valence-electron chi connectivity index (χ3n) is 3.81. The van der Waals surface area contributed by atoms with Crippen LogP contribution >= 0.6 is 22.9 Å². The van der Waals surface area contributed by atoms with Crippen LogP contribution in [0, 0.1) is 0 Å². The topological polar surface area (TPSA) is 22.1 Å². The second-order valence-corrected chi connectivity index (χ2v) is 7.18. The van der Waals surface area contributed by atoms with Gasteiger partial charge >= 0.3 is 0 Å². The summed E-state index contributed by atoms with van der Waals surface area (Å²) in [5.41, 5.74) is 1.09. The number of benzene rings is 1. The first-order chi connectivity index (χ1) is 9.81. The first kappa shape index (κ1) is 14.3. The van der Waals surface area contributed by atoms with Gasteiger partial charge in [-0.2, -0.15) is 0 Å². The van der Waals surface area contributed by atoms with Crippen LogP contribution in [0.3, 0.4) is 0 Å². The average Bonchev–Trinajstić information content (AvgIpc) is 2.88. The average molecular weight is 310 g/mol. The van der Waals surface area contributed by atoms with Crippen molar-refractivity contribution in [1.29, 1.82) is 0 Å². The van der Waals surface area contributed by atoms with Crippen LogP contribution in [0.2, 0.25) is 0 Å². The highest BCUT2D eigenvalue weighted by Gasteiger charge is 2.17. The molecule has 2 heterocycles. The fourth-order valence-electron chi connectivity index (χ4n) is 2.70. The summed E-state index contributed by atoms with van der Waals surface area (Å²) in [6, 6.07) is 8.28. The van der Waals surface area contributed by atoms with E-state index in [9.17, 15) is 0 Å². The van der Waals surface area contributed by atoms with E-state index in [2.05, 4.69) is 23.2 Å². The first-order valence-corrected chi connectivity index (χ1v) is 8.66. The second-order valence-electron chi connectivity index (χ2n) is 5.44. The SMILES string of the molecule is ClC(CCC1CCCCO1)Cc1nc2ccccc2s1. The minimum Gasteiger partial charge on any atom is -0.378 e. The molecule has 1 aliphatic heterocycles. The maximum atomic E-state index is 6.47. The van der Waals surface area contributed by atoms with Crippen molar-refractivity contribution < 1.29 is 4.74 Å². The van der Waals surface area contributed by atoms with Crippen LogP contribution in [-0.2, 0) is 11.2 Å². The quantitative estimate of drug-likeness (QED) is 0.740. The number of hydrogen-bond acceptors (Lipinski definition) is 3. The van der Waals surface area contributed by atoms with Gasteiger partial charge in [-0.05, 0) is 44.2 Å². The Bertz CT molecular complexity index is 517. The van der Waals surface area contributed by atoms with Gasteiger partial charge in [0.15, 0.2) is 0 Å². The molecule has 0 bridgehead atoms. The predicted molar refractivity (Wildman–Crippen MR) is 85.8 cm³/mol. The number of fused-ring (bicyclic) bond motifs is 1. The molecule has 3 rings (SSSR count). The molecule has 4 heteroatoms. The number of para-hydroxylation sites is 1. The van der Waals surface area contributed by atoms with E-state index < -0.39 is 0 Å². The van der Waals surface area contributed by atoms with Crippen LogP contribution in [0.25, 0.3) is 10.2 Å². The van der Waals surface area contributed by atoms with Gasteiger partial charge in [-0.1, -0.05) is 12.1 Å². The van der Waals surface area contributed by atoms with Crippen LogP contribution < -0.4 is 0 Å². The van der Waals surface area contributed by atoms with E-state index in [1.165, 1.54) is 24.0 Å². The van der Waals surface area contributed by atoms with Gasteiger partial charge in [-0.15, -0.1) is 22.9 Å². The molecule has 1 aromatic heterocycles. The molecule has 0 amide bonds. The summed E-state index contributed by atoms with van der Waals surface area (Å²) in [5, 5.41) is 1.32. The minimum atomic E-state index is 0.168. The molecule has 108 valence electrons. The molecule has 2 atom stereocenters. The number of alkyl halides is 1. The summed E-state index contributed by atoms with van der Waals surface area (Å²) in [4.78, 5) is 4.65. The number of rotatable bonds is 5. The Labute approximate surface area is 129 Å². The Hall–Kier alpha value is -0.640. The smallest absolute Gasteiger partial charge is 0.0953 e. The van der Waals surface area contributed by atoms with Crippen LogP contribution in [0.5, 0.6) is 0 Å². The second kappa shape index (κ2) is 6.88. The summed E-state index contributed by atoms with van der Waals surface area (Å²) < 4.78 is 7.01. The van der Waals surface area contributed by atoms with Crippen molar-refractivity contribution in [2.24, 2.45) is 0 Å². The van der Waals surface area contributed by atoms with Crippen molar-refractivity contribution in [1.82, 2.24) is 4.98 Å². The lowest BCUT2D eigenvalue weighted by atomic mass is 10.0. The fourth-order valence-corrected chi connectivity index (χ4v) is 4.11. The number of ether oxygens (including phenoxy) is 1. The Balaban J connectivity index is 1.51. The summed E-state index contributed by atoms with van der Waals surface area (Å²) in [5.74, 6) is 0. The third kappa shape index (κ3) is 3.72. The highest BCUT2D eigenvalue weighted by Crippen LogP contribution is 2.25. The standard InChI is InChI=1S/C16H20ClNOS/c17-12(8-9-13-5-3-4-10-19-13)11-16-18-14-6-1-2-7-15(14)20-16/h1-2,6-7,12-13H,3-5,8-11H2. The van der Waals surface area contributed by atoms with Crippen molar-refractivity contribution in [2.45, 2.75) is 50.0 Å². The molecule has 0 aliphatic carbocycles. The fraction of sp³-hybridized carbons (Fsp3) is 0.562. The highest BCUT2D eigenvalue weighted by molar-refractivity contribution is 7.18. The molecule has 2 aromatic rings. The number of hydrogen-bond donors (Lipinski definition) is 0. The van der Waals surface area contributed by atoms with Crippen LogP contribution in [0.1, 0.15) is 37.1 Å². The molecule has 0 N–H and O–H groups in total. The normalized spacial score (nSPS) is 21.1. The predicted octanol–water partition coefficient (Wildman–Crippen LogP) is 4.80. The van der Waals surface area contributed by atoms with Crippen LogP contribution in [0.15, 0.2) is 24.3 Å². The zero-order valence-corrected chi connectivity index (χ0v) is 13.1. The zero-order valence-electron chi connectivity index (χ0n) is 11.6. The van der Waals surface area contributed by atoms with E-state index in [4.69, 9.17) is 16.3 Å². The summed E-state index contributed by atoms with van der Waals surface area (Å²) in [6.45, 7) is 0.926. The molecule has 0 radical (unpaired) electrons. The molecule has 1 aromatic carbocycles. The number of nitrogens with zero attached hydrogens (tertiary/aromatic N) is 1. The molecule has 0 saturated carbocycles. The minimum absolute atomic E-state index is 0.168. The van der Waals surface area contributed by atoms with Gasteiger partial charge in [-0.3, -0.25) is 0 Å². The first-order valence-electron chi connectivity index (χ1n) is 7.41. The monoisotopic (exact) mass is 309 g/mol. The molecule has 1 fully saturated rings. The Morgan fingerprint density at radius 1 is 1.35 bits per heavy atom. The summed E-state index contributed by atoms with van der Waals surface area (Å²) >= 11 is 8.23. The molecule has 1 saturated heterocycles. The zero-order chi connectivity index (χ0) is 13.8. The van der Waals surface area contributed by atoms with Crippen LogP contribution in [0.4, 0.5) is 0 Å². The maximum Gasteiger partial charge on any atom is 0.0953 e.